The van der Waals surface area contributed by atoms with Gasteiger partial charge in [0.05, 0.1) is 29.5 Å². The number of aryl methyl sites for hydroxylation is 1. The summed E-state index contributed by atoms with van der Waals surface area (Å²) in [5.41, 5.74) is 2.51. The number of morpholine rings is 1. The standard InChI is InChI=1S/C17H22N4OS/c1-13-19-15(12-23-13)9-21-6-7-22-17-11-20(10-16(17)21)8-14-2-4-18-5-3-14/h2-5,12,16-17H,6-11H2,1H3/t16-,17+/m0/s1. The molecule has 2 atom stereocenters. The summed E-state index contributed by atoms with van der Waals surface area (Å²) >= 11 is 1.74. The highest BCUT2D eigenvalue weighted by atomic mass is 32.1. The lowest BCUT2D eigenvalue weighted by molar-refractivity contribution is -0.0507. The Bertz CT molecular complexity index is 647. The van der Waals surface area contributed by atoms with Gasteiger partial charge in [-0.1, -0.05) is 0 Å². The normalized spacial score (nSPS) is 25.6. The molecule has 2 aromatic rings. The lowest BCUT2D eigenvalue weighted by atomic mass is 10.1. The Balaban J connectivity index is 1.42. The van der Waals surface area contributed by atoms with E-state index in [-0.39, 0.29) is 0 Å². The number of hydrogen-bond acceptors (Lipinski definition) is 6. The minimum atomic E-state index is 0.324. The molecule has 0 saturated carbocycles. The first-order valence-electron chi connectivity index (χ1n) is 8.16. The molecular weight excluding hydrogens is 308 g/mol. The summed E-state index contributed by atoms with van der Waals surface area (Å²) in [6.45, 7) is 7.90. The van der Waals surface area contributed by atoms with Gasteiger partial charge in [-0.3, -0.25) is 14.8 Å². The first-order chi connectivity index (χ1) is 11.3. The van der Waals surface area contributed by atoms with E-state index >= 15 is 0 Å². The van der Waals surface area contributed by atoms with E-state index in [0.29, 0.717) is 12.1 Å². The quantitative estimate of drug-likeness (QED) is 0.857. The van der Waals surface area contributed by atoms with Gasteiger partial charge in [-0.15, -0.1) is 11.3 Å². The second kappa shape index (κ2) is 6.65. The third-order valence-electron chi connectivity index (χ3n) is 4.68. The number of hydrogen-bond donors (Lipinski definition) is 0. The number of thiazole rings is 1. The smallest absolute Gasteiger partial charge is 0.0897 e. The second-order valence-corrected chi connectivity index (χ2v) is 7.42. The van der Waals surface area contributed by atoms with Crippen molar-refractivity contribution in [2.75, 3.05) is 26.2 Å². The van der Waals surface area contributed by atoms with Gasteiger partial charge in [-0.25, -0.2) is 4.98 Å². The van der Waals surface area contributed by atoms with Crippen molar-refractivity contribution in [2.45, 2.75) is 32.2 Å². The largest absolute Gasteiger partial charge is 0.374 e. The van der Waals surface area contributed by atoms with Crippen molar-refractivity contribution in [2.24, 2.45) is 0 Å². The molecule has 0 unspecified atom stereocenters. The molecule has 0 bridgehead atoms. The summed E-state index contributed by atoms with van der Waals surface area (Å²) in [5, 5.41) is 3.33. The van der Waals surface area contributed by atoms with Gasteiger partial charge in [0.15, 0.2) is 0 Å². The van der Waals surface area contributed by atoms with Crippen LogP contribution in [-0.2, 0) is 17.8 Å². The Morgan fingerprint density at radius 2 is 2.13 bits per heavy atom. The summed E-state index contributed by atoms with van der Waals surface area (Å²) in [6, 6.07) is 4.67. The van der Waals surface area contributed by atoms with Crippen LogP contribution in [0.15, 0.2) is 29.9 Å². The zero-order valence-electron chi connectivity index (χ0n) is 13.4. The average Bonchev–Trinajstić information content (AvgIpc) is 3.15. The van der Waals surface area contributed by atoms with Crippen LogP contribution in [0.1, 0.15) is 16.3 Å². The van der Waals surface area contributed by atoms with E-state index in [1.165, 1.54) is 11.3 Å². The molecule has 5 nitrogen and oxygen atoms in total. The highest BCUT2D eigenvalue weighted by Gasteiger charge is 2.40. The number of rotatable bonds is 4. The van der Waals surface area contributed by atoms with Crippen LogP contribution in [0.2, 0.25) is 0 Å². The monoisotopic (exact) mass is 330 g/mol. The molecule has 2 aliphatic rings. The van der Waals surface area contributed by atoms with E-state index in [1.54, 1.807) is 11.3 Å². The maximum absolute atomic E-state index is 6.03. The van der Waals surface area contributed by atoms with E-state index in [9.17, 15) is 0 Å². The average molecular weight is 330 g/mol. The summed E-state index contributed by atoms with van der Waals surface area (Å²) in [5.74, 6) is 0. The van der Waals surface area contributed by atoms with Crippen LogP contribution in [0.5, 0.6) is 0 Å². The number of nitrogens with zero attached hydrogens (tertiary/aromatic N) is 4. The Labute approximate surface area is 140 Å². The van der Waals surface area contributed by atoms with Gasteiger partial charge in [0.25, 0.3) is 0 Å². The SMILES string of the molecule is Cc1nc(CN2CCO[C@@H]3CN(Cc4ccncc4)C[C@@H]32)cs1. The second-order valence-electron chi connectivity index (χ2n) is 6.35. The molecule has 0 amide bonds. The van der Waals surface area contributed by atoms with Crippen LogP contribution in [0.3, 0.4) is 0 Å². The highest BCUT2D eigenvalue weighted by Crippen LogP contribution is 2.26. The molecule has 4 heterocycles. The van der Waals surface area contributed by atoms with Crippen molar-refractivity contribution in [3.8, 4) is 0 Å². The van der Waals surface area contributed by atoms with E-state index in [1.807, 2.05) is 12.4 Å². The number of ether oxygens (including phenoxy) is 1. The Morgan fingerprint density at radius 3 is 2.91 bits per heavy atom. The number of fused-ring (bicyclic) bond motifs is 1. The molecule has 0 radical (unpaired) electrons. The van der Waals surface area contributed by atoms with Crippen molar-refractivity contribution >= 4 is 11.3 Å². The predicted octanol–water partition coefficient (Wildman–Crippen LogP) is 1.93. The Morgan fingerprint density at radius 1 is 1.26 bits per heavy atom. The van der Waals surface area contributed by atoms with Crippen LogP contribution in [-0.4, -0.2) is 58.2 Å². The van der Waals surface area contributed by atoms with Crippen molar-refractivity contribution in [1.82, 2.24) is 19.8 Å². The van der Waals surface area contributed by atoms with E-state index in [0.717, 1.165) is 44.3 Å². The molecule has 0 aliphatic carbocycles. The summed E-state index contributed by atoms with van der Waals surface area (Å²) < 4.78 is 6.03. The number of aromatic nitrogens is 2. The Hall–Kier alpha value is -1.34. The molecule has 0 N–H and O–H groups in total. The molecule has 2 saturated heterocycles. The lowest BCUT2D eigenvalue weighted by Crippen LogP contribution is -2.50. The molecule has 0 aromatic carbocycles. The molecule has 4 rings (SSSR count). The molecule has 2 fully saturated rings. The first kappa shape index (κ1) is 15.2. The van der Waals surface area contributed by atoms with Crippen molar-refractivity contribution in [1.29, 1.82) is 0 Å². The number of likely N-dealkylation sites (tertiary alicyclic amines) is 1. The fourth-order valence-corrected chi connectivity index (χ4v) is 4.20. The molecule has 6 heteroatoms. The fraction of sp³-hybridized carbons (Fsp3) is 0.529. The molecule has 2 aliphatic heterocycles. The Kier molecular flexibility index (Phi) is 4.39. The van der Waals surface area contributed by atoms with Crippen LogP contribution in [0.25, 0.3) is 0 Å². The van der Waals surface area contributed by atoms with Crippen LogP contribution < -0.4 is 0 Å². The molecule has 23 heavy (non-hydrogen) atoms. The summed E-state index contributed by atoms with van der Waals surface area (Å²) in [4.78, 5) is 13.8. The number of pyridine rings is 1. The van der Waals surface area contributed by atoms with Gasteiger partial charge in [0.2, 0.25) is 0 Å². The fourth-order valence-electron chi connectivity index (χ4n) is 3.60. The van der Waals surface area contributed by atoms with Crippen molar-refractivity contribution in [3.05, 3.63) is 46.2 Å². The van der Waals surface area contributed by atoms with Gasteiger partial charge in [-0.05, 0) is 24.6 Å². The van der Waals surface area contributed by atoms with E-state index in [4.69, 9.17) is 4.74 Å². The zero-order valence-corrected chi connectivity index (χ0v) is 14.2. The molecule has 122 valence electrons. The third-order valence-corrected chi connectivity index (χ3v) is 5.50. The summed E-state index contributed by atoms with van der Waals surface area (Å²) in [7, 11) is 0. The summed E-state index contributed by atoms with van der Waals surface area (Å²) in [6.07, 6.45) is 4.06. The van der Waals surface area contributed by atoms with Crippen molar-refractivity contribution < 1.29 is 4.74 Å². The molecule has 0 spiro atoms. The van der Waals surface area contributed by atoms with Crippen LogP contribution in [0, 0.1) is 6.92 Å². The zero-order chi connectivity index (χ0) is 15.6. The van der Waals surface area contributed by atoms with Crippen LogP contribution in [0.4, 0.5) is 0 Å². The maximum Gasteiger partial charge on any atom is 0.0897 e. The minimum Gasteiger partial charge on any atom is -0.374 e. The van der Waals surface area contributed by atoms with Gasteiger partial charge in [0.1, 0.15) is 0 Å². The molecular formula is C17H22N4OS. The van der Waals surface area contributed by atoms with Gasteiger partial charge in [0, 0.05) is 50.5 Å². The lowest BCUT2D eigenvalue weighted by Gasteiger charge is -2.36. The molecule has 2 aromatic heterocycles. The van der Waals surface area contributed by atoms with Gasteiger partial charge in [-0.2, -0.15) is 0 Å². The van der Waals surface area contributed by atoms with Crippen LogP contribution >= 0.6 is 11.3 Å². The van der Waals surface area contributed by atoms with Gasteiger partial charge >= 0.3 is 0 Å². The van der Waals surface area contributed by atoms with Crippen molar-refractivity contribution in [3.63, 3.8) is 0 Å². The van der Waals surface area contributed by atoms with E-state index in [2.05, 4.69) is 44.2 Å². The highest BCUT2D eigenvalue weighted by molar-refractivity contribution is 7.09. The first-order valence-corrected chi connectivity index (χ1v) is 9.04. The minimum absolute atomic E-state index is 0.324. The topological polar surface area (TPSA) is 41.5 Å². The predicted molar refractivity (Wildman–Crippen MR) is 90.3 cm³/mol. The maximum atomic E-state index is 6.03. The third kappa shape index (κ3) is 3.45. The van der Waals surface area contributed by atoms with Gasteiger partial charge < -0.3 is 4.74 Å². The van der Waals surface area contributed by atoms with E-state index < -0.39 is 0 Å².